The molecule has 0 unspecified atom stereocenters. The van der Waals surface area contributed by atoms with Crippen molar-refractivity contribution in [3.8, 4) is 5.75 Å². The molecule has 4 nitrogen and oxygen atoms in total. The summed E-state index contributed by atoms with van der Waals surface area (Å²) in [5, 5.41) is 9.13. The summed E-state index contributed by atoms with van der Waals surface area (Å²) in [7, 11) is 0. The maximum atomic E-state index is 13.5. The summed E-state index contributed by atoms with van der Waals surface area (Å²) in [6.45, 7) is 0. The highest BCUT2D eigenvalue weighted by atomic mass is 19.1. The number of hydrogen-bond donors (Lipinski definition) is 2. The molecule has 2 aromatic rings. The Bertz CT molecular complexity index is 697. The number of halogens is 2. The van der Waals surface area contributed by atoms with E-state index in [0.29, 0.717) is 11.8 Å². The van der Waals surface area contributed by atoms with Crippen molar-refractivity contribution < 1.29 is 18.7 Å². The van der Waals surface area contributed by atoms with E-state index in [1.54, 1.807) is 0 Å². The van der Waals surface area contributed by atoms with Crippen molar-refractivity contribution in [2.24, 2.45) is 10.7 Å². The van der Waals surface area contributed by atoms with Gasteiger partial charge in [-0.05, 0) is 36.4 Å². The third-order valence-electron chi connectivity index (χ3n) is 2.70. The number of phenols is 1. The van der Waals surface area contributed by atoms with Crippen LogP contribution in [0.3, 0.4) is 0 Å². The third-order valence-corrected chi connectivity index (χ3v) is 2.70. The van der Waals surface area contributed by atoms with Gasteiger partial charge in [-0.2, -0.15) is 0 Å². The van der Waals surface area contributed by atoms with E-state index in [1.165, 1.54) is 24.3 Å². The average molecular weight is 290 g/mol. The molecular formula is C15H12F2N2O2. The summed E-state index contributed by atoms with van der Waals surface area (Å²) < 4.78 is 26.2. The minimum Gasteiger partial charge on any atom is -0.508 e. The normalized spacial score (nSPS) is 11.4. The summed E-state index contributed by atoms with van der Waals surface area (Å²) >= 11 is 0. The minimum absolute atomic E-state index is 0.00517. The quantitative estimate of drug-likeness (QED) is 0.516. The summed E-state index contributed by atoms with van der Waals surface area (Å²) in [5.74, 6) is -2.20. The van der Waals surface area contributed by atoms with Gasteiger partial charge in [0, 0.05) is 6.07 Å². The number of Topliss-reactive ketones (excluding diaryl/α,β-unsaturated/α-hetero) is 1. The SMILES string of the molecule is NC(CC(=O)c1ccc(F)cc1F)=Nc1ccc(O)cc1. The Balaban J connectivity index is 2.13. The first-order valence-corrected chi connectivity index (χ1v) is 6.06. The topological polar surface area (TPSA) is 75.7 Å². The highest BCUT2D eigenvalue weighted by Gasteiger charge is 2.13. The van der Waals surface area contributed by atoms with E-state index in [0.717, 1.165) is 12.1 Å². The number of nitrogens with two attached hydrogens (primary N) is 1. The zero-order chi connectivity index (χ0) is 15.4. The molecule has 0 spiro atoms. The standard InChI is InChI=1S/C15H12F2N2O2/c16-9-1-6-12(13(17)7-9)14(21)8-15(18)19-10-2-4-11(20)5-3-10/h1-7,20H,8H2,(H2,18,19). The van der Waals surface area contributed by atoms with Crippen LogP contribution in [-0.2, 0) is 0 Å². The fraction of sp³-hybridized carbons (Fsp3) is 0.0667. The fourth-order valence-electron chi connectivity index (χ4n) is 1.71. The summed E-state index contributed by atoms with van der Waals surface area (Å²) in [4.78, 5) is 15.8. The second-order valence-electron chi connectivity index (χ2n) is 4.34. The van der Waals surface area contributed by atoms with E-state index in [2.05, 4.69) is 4.99 Å². The van der Waals surface area contributed by atoms with Crippen LogP contribution in [0.4, 0.5) is 14.5 Å². The van der Waals surface area contributed by atoms with E-state index in [9.17, 15) is 13.6 Å². The zero-order valence-corrected chi connectivity index (χ0v) is 10.9. The number of amidine groups is 1. The van der Waals surface area contributed by atoms with Gasteiger partial charge in [0.05, 0.1) is 17.7 Å². The van der Waals surface area contributed by atoms with Crippen LogP contribution in [0, 0.1) is 11.6 Å². The maximum absolute atomic E-state index is 13.5. The van der Waals surface area contributed by atoms with Gasteiger partial charge in [0.1, 0.15) is 23.2 Å². The van der Waals surface area contributed by atoms with E-state index >= 15 is 0 Å². The lowest BCUT2D eigenvalue weighted by atomic mass is 10.1. The van der Waals surface area contributed by atoms with Crippen LogP contribution in [0.5, 0.6) is 5.75 Å². The molecule has 0 radical (unpaired) electrons. The molecule has 0 heterocycles. The van der Waals surface area contributed by atoms with Crippen molar-refractivity contribution in [2.75, 3.05) is 0 Å². The molecule has 0 saturated carbocycles. The first kappa shape index (κ1) is 14.6. The lowest BCUT2D eigenvalue weighted by Crippen LogP contribution is -2.17. The third kappa shape index (κ3) is 3.85. The number of ketones is 1. The lowest BCUT2D eigenvalue weighted by Gasteiger charge is -2.03. The summed E-state index contributed by atoms with van der Waals surface area (Å²) in [5.41, 5.74) is 5.85. The Morgan fingerprint density at radius 2 is 1.81 bits per heavy atom. The molecule has 0 saturated heterocycles. The van der Waals surface area contributed by atoms with Gasteiger partial charge in [-0.25, -0.2) is 13.8 Å². The first-order valence-electron chi connectivity index (χ1n) is 6.06. The second kappa shape index (κ2) is 6.13. The van der Waals surface area contributed by atoms with Crippen molar-refractivity contribution in [1.29, 1.82) is 0 Å². The van der Waals surface area contributed by atoms with Crippen LogP contribution in [0.25, 0.3) is 0 Å². The number of carbonyl (C=O) groups excluding carboxylic acids is 1. The molecule has 0 aliphatic rings. The number of benzene rings is 2. The molecule has 0 aromatic heterocycles. The minimum atomic E-state index is -0.933. The molecule has 0 amide bonds. The number of hydrogen-bond acceptors (Lipinski definition) is 3. The molecule has 3 N–H and O–H groups in total. The van der Waals surface area contributed by atoms with Crippen molar-refractivity contribution in [1.82, 2.24) is 0 Å². The van der Waals surface area contributed by atoms with Gasteiger partial charge in [0.15, 0.2) is 5.78 Å². The van der Waals surface area contributed by atoms with Crippen molar-refractivity contribution in [3.05, 3.63) is 59.7 Å². The second-order valence-corrected chi connectivity index (χ2v) is 4.34. The van der Waals surface area contributed by atoms with Crippen LogP contribution in [0.2, 0.25) is 0 Å². The molecule has 108 valence electrons. The molecular weight excluding hydrogens is 278 g/mol. The Morgan fingerprint density at radius 1 is 1.14 bits per heavy atom. The van der Waals surface area contributed by atoms with Crippen LogP contribution in [0.1, 0.15) is 16.8 Å². The van der Waals surface area contributed by atoms with Gasteiger partial charge in [0.2, 0.25) is 0 Å². The van der Waals surface area contributed by atoms with Crippen LogP contribution >= 0.6 is 0 Å². The average Bonchev–Trinajstić information content (AvgIpc) is 2.41. The summed E-state index contributed by atoms with van der Waals surface area (Å²) in [6.07, 6.45) is -0.288. The number of nitrogens with zero attached hydrogens (tertiary/aromatic N) is 1. The van der Waals surface area contributed by atoms with Crippen LogP contribution in [-0.4, -0.2) is 16.7 Å². The molecule has 0 aliphatic heterocycles. The Morgan fingerprint density at radius 3 is 2.43 bits per heavy atom. The molecule has 0 aliphatic carbocycles. The molecule has 2 rings (SSSR count). The van der Waals surface area contributed by atoms with Gasteiger partial charge in [-0.1, -0.05) is 0 Å². The molecule has 21 heavy (non-hydrogen) atoms. The Hall–Kier alpha value is -2.76. The zero-order valence-electron chi connectivity index (χ0n) is 10.9. The Kier molecular flexibility index (Phi) is 4.27. The predicted molar refractivity (Wildman–Crippen MR) is 74.7 cm³/mol. The first-order chi connectivity index (χ1) is 9.95. The van der Waals surface area contributed by atoms with Crippen LogP contribution in [0.15, 0.2) is 47.5 Å². The molecule has 6 heteroatoms. The number of phenolic OH excluding ortho intramolecular Hbond substituents is 1. The summed E-state index contributed by atoms with van der Waals surface area (Å²) in [6, 6.07) is 8.60. The van der Waals surface area contributed by atoms with E-state index in [4.69, 9.17) is 10.8 Å². The molecule has 0 fully saturated rings. The maximum Gasteiger partial charge on any atom is 0.173 e. The van der Waals surface area contributed by atoms with Crippen LogP contribution < -0.4 is 5.73 Å². The number of carbonyl (C=O) groups is 1. The van der Waals surface area contributed by atoms with Crippen molar-refractivity contribution in [2.45, 2.75) is 6.42 Å². The number of aliphatic imine (C=N–C) groups is 1. The fourth-order valence-corrected chi connectivity index (χ4v) is 1.71. The smallest absolute Gasteiger partial charge is 0.173 e. The van der Waals surface area contributed by atoms with Gasteiger partial charge >= 0.3 is 0 Å². The van der Waals surface area contributed by atoms with Gasteiger partial charge in [-0.15, -0.1) is 0 Å². The highest BCUT2D eigenvalue weighted by Crippen LogP contribution is 2.17. The highest BCUT2D eigenvalue weighted by molar-refractivity contribution is 6.09. The molecule has 0 bridgehead atoms. The predicted octanol–water partition coefficient (Wildman–Crippen LogP) is 2.93. The van der Waals surface area contributed by atoms with E-state index in [1.807, 2.05) is 0 Å². The monoisotopic (exact) mass is 290 g/mol. The van der Waals surface area contributed by atoms with Crippen molar-refractivity contribution >= 4 is 17.3 Å². The number of aromatic hydroxyl groups is 1. The van der Waals surface area contributed by atoms with Gasteiger partial charge < -0.3 is 10.8 Å². The van der Waals surface area contributed by atoms with Gasteiger partial charge in [0.25, 0.3) is 0 Å². The van der Waals surface area contributed by atoms with E-state index in [-0.39, 0.29) is 23.6 Å². The number of rotatable bonds is 4. The molecule has 0 atom stereocenters. The van der Waals surface area contributed by atoms with E-state index < -0.39 is 17.4 Å². The molecule has 2 aromatic carbocycles. The largest absolute Gasteiger partial charge is 0.508 e. The lowest BCUT2D eigenvalue weighted by molar-refractivity contribution is 0.0996. The Labute approximate surface area is 119 Å². The van der Waals surface area contributed by atoms with Crippen molar-refractivity contribution in [3.63, 3.8) is 0 Å². The van der Waals surface area contributed by atoms with Gasteiger partial charge in [-0.3, -0.25) is 4.79 Å².